The van der Waals surface area contributed by atoms with Gasteiger partial charge in [-0.1, -0.05) is 0 Å². The van der Waals surface area contributed by atoms with E-state index in [-0.39, 0.29) is 112 Å². The van der Waals surface area contributed by atoms with Crippen LogP contribution in [0.3, 0.4) is 0 Å². The Morgan fingerprint density at radius 3 is 1.17 bits per heavy atom. The Labute approximate surface area is 132 Å². The monoisotopic (exact) mass is 375 g/mol. The predicted molar refractivity (Wildman–Crippen MR) is 62.9 cm³/mol. The number of carboxylic acid groups (broad SMARTS) is 1. The molecule has 80 valence electrons. The maximum absolute atomic E-state index is 9.24. The van der Waals surface area contributed by atoms with Gasteiger partial charge in [0.1, 0.15) is 0 Å². The second kappa shape index (κ2) is 50.7. The Kier molecular flexibility index (Phi) is 269. The van der Waals surface area contributed by atoms with Crippen LogP contribution in [0.1, 0.15) is 0 Å². The van der Waals surface area contributed by atoms with Gasteiger partial charge in [-0.3, -0.25) is 4.79 Å². The van der Waals surface area contributed by atoms with Gasteiger partial charge in [-0.15, -0.1) is 62.0 Å². The minimum absolute atomic E-state index is 0. The molecule has 0 aromatic carbocycles. The van der Waals surface area contributed by atoms with Crippen LogP contribution >= 0.6 is 62.0 Å². The molecule has 0 saturated heterocycles. The molecule has 0 aliphatic rings. The van der Waals surface area contributed by atoms with E-state index in [9.17, 15) is 4.79 Å². The number of hydrogen-bond donors (Lipinski definition) is 2. The smallest absolute Gasteiger partial charge is 0.317 e. The fourth-order valence-electron chi connectivity index (χ4n) is 0. The third-order valence-corrected chi connectivity index (χ3v) is 0.175. The summed E-state index contributed by atoms with van der Waals surface area (Å²) in [6.45, 7) is -0.278. The van der Waals surface area contributed by atoms with E-state index in [2.05, 4.69) is 5.73 Å². The first-order valence-electron chi connectivity index (χ1n) is 1.19. The second-order valence-corrected chi connectivity index (χ2v) is 0.598. The second-order valence-electron chi connectivity index (χ2n) is 0.598. The largest absolute Gasteiger partial charge is 0.480 e. The first-order chi connectivity index (χ1) is 2.27. The van der Waals surface area contributed by atoms with Crippen LogP contribution in [-0.4, -0.2) is 35.0 Å². The van der Waals surface area contributed by atoms with Gasteiger partial charge in [-0.25, -0.2) is 0 Å². The summed E-state index contributed by atoms with van der Waals surface area (Å²) in [6.07, 6.45) is 0. The van der Waals surface area contributed by atoms with Gasteiger partial charge in [-0.05, 0) is 0 Å². The Bertz CT molecular complexity index is 62.7. The van der Waals surface area contributed by atoms with E-state index in [0.717, 1.165) is 0 Å². The number of hydrogen-bond acceptors (Lipinski definition) is 2. The van der Waals surface area contributed by atoms with Gasteiger partial charge < -0.3 is 10.8 Å². The van der Waals surface area contributed by atoms with Crippen molar-refractivity contribution >= 4 is 85.4 Å². The molecule has 0 unspecified atom stereocenters. The van der Waals surface area contributed by atoms with Crippen molar-refractivity contribution in [2.24, 2.45) is 5.73 Å². The average molecular weight is 379 g/mol. The number of halogens is 5. The minimum Gasteiger partial charge on any atom is -0.480 e. The van der Waals surface area contributed by atoms with Crippen molar-refractivity contribution in [1.29, 1.82) is 0 Å². The van der Waals surface area contributed by atoms with E-state index in [0.29, 0.717) is 0 Å². The third kappa shape index (κ3) is 85.0. The summed E-state index contributed by atoms with van der Waals surface area (Å²) in [5.74, 6) is -0.968. The van der Waals surface area contributed by atoms with Gasteiger partial charge in [0.15, 0.2) is 17.4 Å². The Morgan fingerprint density at radius 1 is 1.08 bits per heavy atom. The van der Waals surface area contributed by atoms with Gasteiger partial charge in [-0.2, -0.15) is 0 Å². The molecule has 0 aliphatic heterocycles. The molecule has 0 saturated carbocycles. The predicted octanol–water partition coefficient (Wildman–Crippen LogP) is -0.0477. The normalized spacial score (nSPS) is 3.08. The molecule has 0 spiro atoms. The molecule has 0 bridgehead atoms. The number of carbonyl (C=O) groups is 1. The number of aliphatic carboxylic acids is 1. The van der Waals surface area contributed by atoms with Crippen LogP contribution in [0.25, 0.3) is 0 Å². The number of rotatable bonds is 1. The van der Waals surface area contributed by atoms with E-state index < -0.39 is 5.97 Å². The minimum atomic E-state index is -0.968. The SMILES string of the molecule is Cl.Cl.Cl.Cl.Cl.NCC(=O)O.[AlH3].[Zr]. The van der Waals surface area contributed by atoms with E-state index in [1.165, 1.54) is 0 Å². The van der Waals surface area contributed by atoms with E-state index in [4.69, 9.17) is 5.11 Å². The fraction of sp³-hybridized carbons (Fsp3) is 0.500. The Morgan fingerprint density at radius 2 is 1.17 bits per heavy atom. The van der Waals surface area contributed by atoms with Crippen LogP contribution < -0.4 is 5.73 Å². The maximum Gasteiger partial charge on any atom is 0.317 e. The summed E-state index contributed by atoms with van der Waals surface area (Å²) < 4.78 is 0. The van der Waals surface area contributed by atoms with Crippen LogP contribution in [0.15, 0.2) is 0 Å². The molecule has 0 aliphatic carbocycles. The average Bonchev–Trinajstić information content (AvgIpc) is 1.38. The summed E-state index contributed by atoms with van der Waals surface area (Å²) in [4.78, 5) is 9.24. The van der Waals surface area contributed by atoms with Crippen LogP contribution in [0.5, 0.6) is 0 Å². The van der Waals surface area contributed by atoms with Crippen molar-refractivity contribution in [3.8, 4) is 0 Å². The van der Waals surface area contributed by atoms with Crippen LogP contribution in [0, 0.1) is 0 Å². The molecule has 0 atom stereocenters. The van der Waals surface area contributed by atoms with Crippen molar-refractivity contribution in [3.63, 3.8) is 0 Å². The van der Waals surface area contributed by atoms with E-state index >= 15 is 0 Å². The van der Waals surface area contributed by atoms with Crippen molar-refractivity contribution in [2.75, 3.05) is 6.54 Å². The summed E-state index contributed by atoms with van der Waals surface area (Å²) in [5, 5.41) is 7.60. The zero-order valence-electron chi connectivity index (χ0n) is 5.18. The van der Waals surface area contributed by atoms with E-state index in [1.54, 1.807) is 0 Å². The zero-order chi connectivity index (χ0) is 4.28. The maximum atomic E-state index is 9.24. The van der Waals surface area contributed by atoms with Gasteiger partial charge in [0.25, 0.3) is 0 Å². The first kappa shape index (κ1) is 63.8. The molecule has 0 heterocycles. The number of nitrogens with two attached hydrogens (primary N) is 1. The quantitative estimate of drug-likeness (QED) is 0.629. The Hall–Kier alpha value is 2.30. The van der Waals surface area contributed by atoms with Crippen LogP contribution in [0.2, 0.25) is 0 Å². The zero-order valence-corrected chi connectivity index (χ0v) is 11.7. The van der Waals surface area contributed by atoms with Crippen LogP contribution in [0.4, 0.5) is 0 Å². The van der Waals surface area contributed by atoms with Crippen molar-refractivity contribution in [1.82, 2.24) is 0 Å². The molecule has 0 amide bonds. The van der Waals surface area contributed by atoms with Crippen molar-refractivity contribution in [2.45, 2.75) is 0 Å². The molecule has 0 aromatic rings. The van der Waals surface area contributed by atoms with Gasteiger partial charge in [0, 0.05) is 26.2 Å². The van der Waals surface area contributed by atoms with E-state index in [1.807, 2.05) is 0 Å². The summed E-state index contributed by atoms with van der Waals surface area (Å²) in [7, 11) is 0. The molecular formula is C2H13AlCl5NO2Zr. The van der Waals surface area contributed by atoms with Gasteiger partial charge >= 0.3 is 5.97 Å². The summed E-state index contributed by atoms with van der Waals surface area (Å²) >= 11 is 0. The van der Waals surface area contributed by atoms with Crippen molar-refractivity contribution in [3.05, 3.63) is 0 Å². The fourth-order valence-corrected chi connectivity index (χ4v) is 0. The molecular weight excluding hydrogens is 365 g/mol. The standard InChI is InChI=1S/C2H5NO2.Al.5ClH.Zr.3H/c3-1-2(4)5;;;;;;;;;;/h1,3H2,(H,4,5);;5*1H;;;;. The molecule has 3 N–H and O–H groups in total. The molecule has 0 radical (unpaired) electrons. The molecule has 0 aromatic heterocycles. The number of carboxylic acids is 1. The molecule has 12 heavy (non-hydrogen) atoms. The molecule has 3 nitrogen and oxygen atoms in total. The topological polar surface area (TPSA) is 63.3 Å². The third-order valence-electron chi connectivity index (χ3n) is 0.175. The summed E-state index contributed by atoms with van der Waals surface area (Å²) in [6, 6.07) is 0. The van der Waals surface area contributed by atoms with Crippen molar-refractivity contribution < 1.29 is 36.1 Å². The Balaban J connectivity index is -0.00000000381. The summed E-state index contributed by atoms with van der Waals surface area (Å²) in [5.41, 5.74) is 4.57. The van der Waals surface area contributed by atoms with Crippen LogP contribution in [-0.2, 0) is 31.0 Å². The first-order valence-corrected chi connectivity index (χ1v) is 1.19. The van der Waals surface area contributed by atoms with Gasteiger partial charge in [0.05, 0.1) is 6.54 Å². The molecule has 0 rings (SSSR count). The van der Waals surface area contributed by atoms with Gasteiger partial charge in [0.2, 0.25) is 0 Å². The molecule has 10 heteroatoms. The molecule has 0 fully saturated rings.